The number of nitrogens with zero attached hydrogens (tertiary/aromatic N) is 2. The molecule has 0 radical (unpaired) electrons. The molecule has 0 aliphatic rings. The van der Waals surface area contributed by atoms with Gasteiger partial charge in [0.25, 0.3) is 5.69 Å². The van der Waals surface area contributed by atoms with Crippen LogP contribution in [-0.4, -0.2) is 11.1 Å². The van der Waals surface area contributed by atoms with Crippen LogP contribution in [0.4, 0.5) is 11.4 Å². The lowest BCUT2D eigenvalue weighted by atomic mass is 10.1. The Labute approximate surface area is 158 Å². The van der Waals surface area contributed by atoms with Gasteiger partial charge in [-0.1, -0.05) is 19.1 Å². The summed E-state index contributed by atoms with van der Waals surface area (Å²) in [6, 6.07) is 22.2. The molecule has 0 N–H and O–H groups in total. The van der Waals surface area contributed by atoms with E-state index < -0.39 is 4.92 Å². The zero-order valence-electron chi connectivity index (χ0n) is 15.0. The second-order valence-corrected chi connectivity index (χ2v) is 6.06. The third kappa shape index (κ3) is 5.25. The van der Waals surface area contributed by atoms with Crippen molar-refractivity contribution in [3.63, 3.8) is 0 Å². The van der Waals surface area contributed by atoms with E-state index in [9.17, 15) is 10.1 Å². The Hall–Kier alpha value is -3.47. The Balaban J connectivity index is 1.56. The number of ether oxygens (including phenoxy) is 1. The van der Waals surface area contributed by atoms with Crippen molar-refractivity contribution < 1.29 is 9.66 Å². The molecule has 0 aliphatic heterocycles. The van der Waals surface area contributed by atoms with Gasteiger partial charge < -0.3 is 4.74 Å². The van der Waals surface area contributed by atoms with Crippen LogP contribution in [-0.2, 0) is 13.0 Å². The molecule has 0 fully saturated rings. The molecule has 3 aromatic carbocycles. The SMILES string of the molecule is CCc1ccc(N=Cc2ccc(OCc3ccc([N+](=O)[O-])cc3)cc2)cc1. The Kier molecular flexibility index (Phi) is 5.94. The Bertz CT molecular complexity index is 915. The van der Waals surface area contributed by atoms with Crippen LogP contribution in [0.15, 0.2) is 77.8 Å². The summed E-state index contributed by atoms with van der Waals surface area (Å²) in [5.41, 5.74) is 4.15. The number of rotatable bonds is 7. The van der Waals surface area contributed by atoms with Gasteiger partial charge in [-0.3, -0.25) is 15.1 Å². The van der Waals surface area contributed by atoms with Crippen molar-refractivity contribution in [1.29, 1.82) is 0 Å². The summed E-state index contributed by atoms with van der Waals surface area (Å²) in [6.45, 7) is 2.48. The fourth-order valence-electron chi connectivity index (χ4n) is 2.50. The first-order valence-corrected chi connectivity index (χ1v) is 8.73. The zero-order chi connectivity index (χ0) is 19.1. The lowest BCUT2D eigenvalue weighted by Gasteiger charge is -2.06. The van der Waals surface area contributed by atoms with Gasteiger partial charge in [0.1, 0.15) is 12.4 Å². The maximum Gasteiger partial charge on any atom is 0.269 e. The molecule has 0 saturated carbocycles. The van der Waals surface area contributed by atoms with E-state index in [2.05, 4.69) is 24.0 Å². The van der Waals surface area contributed by atoms with Crippen LogP contribution in [0.3, 0.4) is 0 Å². The molecule has 27 heavy (non-hydrogen) atoms. The topological polar surface area (TPSA) is 64.7 Å². The number of nitro benzene ring substituents is 1. The molecule has 0 unspecified atom stereocenters. The predicted molar refractivity (Wildman–Crippen MR) is 107 cm³/mol. The highest BCUT2D eigenvalue weighted by Gasteiger charge is 2.04. The first-order chi connectivity index (χ1) is 13.1. The van der Waals surface area contributed by atoms with Gasteiger partial charge in [-0.25, -0.2) is 0 Å². The second-order valence-electron chi connectivity index (χ2n) is 6.06. The number of nitro groups is 1. The van der Waals surface area contributed by atoms with E-state index in [0.717, 1.165) is 29.0 Å². The van der Waals surface area contributed by atoms with Gasteiger partial charge in [0.15, 0.2) is 0 Å². The van der Waals surface area contributed by atoms with Gasteiger partial charge in [-0.2, -0.15) is 0 Å². The monoisotopic (exact) mass is 360 g/mol. The average Bonchev–Trinajstić information content (AvgIpc) is 2.72. The highest BCUT2D eigenvalue weighted by atomic mass is 16.6. The highest BCUT2D eigenvalue weighted by molar-refractivity contribution is 5.82. The summed E-state index contributed by atoms with van der Waals surface area (Å²) in [5.74, 6) is 0.734. The highest BCUT2D eigenvalue weighted by Crippen LogP contribution is 2.17. The zero-order valence-corrected chi connectivity index (χ0v) is 15.0. The molecule has 0 aliphatic carbocycles. The molecule has 136 valence electrons. The van der Waals surface area contributed by atoms with Crippen LogP contribution in [0, 0.1) is 10.1 Å². The molecule has 3 aromatic rings. The number of benzene rings is 3. The lowest BCUT2D eigenvalue weighted by Crippen LogP contribution is -1.96. The fourth-order valence-corrected chi connectivity index (χ4v) is 2.50. The summed E-state index contributed by atoms with van der Waals surface area (Å²) in [7, 11) is 0. The van der Waals surface area contributed by atoms with Crippen LogP contribution >= 0.6 is 0 Å². The predicted octanol–water partition coefficient (Wildman–Crippen LogP) is 5.49. The Morgan fingerprint density at radius 3 is 2.15 bits per heavy atom. The minimum atomic E-state index is -0.414. The van der Waals surface area contributed by atoms with Gasteiger partial charge in [-0.05, 0) is 71.6 Å². The summed E-state index contributed by atoms with van der Waals surface area (Å²) in [4.78, 5) is 14.7. The first-order valence-electron chi connectivity index (χ1n) is 8.73. The molecule has 0 spiro atoms. The van der Waals surface area contributed by atoms with E-state index >= 15 is 0 Å². The molecule has 5 nitrogen and oxygen atoms in total. The fraction of sp³-hybridized carbons (Fsp3) is 0.136. The second kappa shape index (κ2) is 8.76. The van der Waals surface area contributed by atoms with E-state index in [1.165, 1.54) is 17.7 Å². The van der Waals surface area contributed by atoms with Crippen LogP contribution in [0.25, 0.3) is 0 Å². The lowest BCUT2D eigenvalue weighted by molar-refractivity contribution is -0.384. The van der Waals surface area contributed by atoms with Crippen LogP contribution in [0.5, 0.6) is 5.75 Å². The Morgan fingerprint density at radius 2 is 1.56 bits per heavy atom. The summed E-state index contributed by atoms with van der Waals surface area (Å²) in [6.07, 6.45) is 2.84. The smallest absolute Gasteiger partial charge is 0.269 e. The third-order valence-corrected chi connectivity index (χ3v) is 4.14. The van der Waals surface area contributed by atoms with Crippen molar-refractivity contribution in [2.45, 2.75) is 20.0 Å². The van der Waals surface area contributed by atoms with Crippen molar-refractivity contribution in [3.8, 4) is 5.75 Å². The van der Waals surface area contributed by atoms with Crippen LogP contribution in [0.1, 0.15) is 23.6 Å². The van der Waals surface area contributed by atoms with E-state index in [1.54, 1.807) is 12.1 Å². The van der Waals surface area contributed by atoms with Crippen molar-refractivity contribution in [3.05, 3.63) is 99.6 Å². The minimum absolute atomic E-state index is 0.0757. The Morgan fingerprint density at radius 1 is 0.926 bits per heavy atom. The van der Waals surface area contributed by atoms with Crippen LogP contribution in [0.2, 0.25) is 0 Å². The standard InChI is InChI=1S/C22H20N2O3/c1-2-17-3-9-20(10-4-17)23-15-18-7-13-22(14-8-18)27-16-19-5-11-21(12-6-19)24(25)26/h3-15H,2,16H2,1H3. The van der Waals surface area contributed by atoms with Gasteiger partial charge in [-0.15, -0.1) is 0 Å². The van der Waals surface area contributed by atoms with Gasteiger partial charge in [0.2, 0.25) is 0 Å². The van der Waals surface area contributed by atoms with Crippen molar-refractivity contribution in [1.82, 2.24) is 0 Å². The molecule has 0 bridgehead atoms. The maximum atomic E-state index is 10.7. The first kappa shape index (κ1) is 18.3. The van der Waals surface area contributed by atoms with E-state index in [4.69, 9.17) is 4.74 Å². The number of hydrogen-bond acceptors (Lipinski definition) is 4. The minimum Gasteiger partial charge on any atom is -0.489 e. The van der Waals surface area contributed by atoms with Gasteiger partial charge >= 0.3 is 0 Å². The summed E-state index contributed by atoms with van der Waals surface area (Å²) < 4.78 is 5.72. The molecular formula is C22H20N2O3. The summed E-state index contributed by atoms with van der Waals surface area (Å²) >= 11 is 0. The van der Waals surface area contributed by atoms with Gasteiger partial charge in [0, 0.05) is 18.3 Å². The van der Waals surface area contributed by atoms with E-state index in [0.29, 0.717) is 6.61 Å². The molecular weight excluding hydrogens is 340 g/mol. The number of aliphatic imine (C=N–C) groups is 1. The number of hydrogen-bond donors (Lipinski definition) is 0. The van der Waals surface area contributed by atoms with Crippen LogP contribution < -0.4 is 4.74 Å². The van der Waals surface area contributed by atoms with Crippen molar-refractivity contribution in [2.24, 2.45) is 4.99 Å². The van der Waals surface area contributed by atoms with E-state index in [1.807, 2.05) is 42.6 Å². The molecule has 0 heterocycles. The third-order valence-electron chi connectivity index (χ3n) is 4.14. The molecule has 0 saturated heterocycles. The molecule has 0 atom stereocenters. The number of aryl methyl sites for hydroxylation is 1. The molecule has 0 amide bonds. The average molecular weight is 360 g/mol. The normalized spacial score (nSPS) is 10.9. The molecule has 5 heteroatoms. The summed E-state index contributed by atoms with van der Waals surface area (Å²) in [5, 5.41) is 10.7. The van der Waals surface area contributed by atoms with E-state index in [-0.39, 0.29) is 5.69 Å². The van der Waals surface area contributed by atoms with Crippen molar-refractivity contribution in [2.75, 3.05) is 0 Å². The molecule has 3 rings (SSSR count). The quantitative estimate of drug-likeness (QED) is 0.318. The largest absolute Gasteiger partial charge is 0.489 e. The van der Waals surface area contributed by atoms with Gasteiger partial charge in [0.05, 0.1) is 10.6 Å². The number of non-ortho nitro benzene ring substituents is 1. The van der Waals surface area contributed by atoms with Crippen molar-refractivity contribution >= 4 is 17.6 Å². The molecule has 0 aromatic heterocycles. The maximum absolute atomic E-state index is 10.7.